The highest BCUT2D eigenvalue weighted by molar-refractivity contribution is 5.36. The molecule has 1 aliphatic heterocycles. The fraction of sp³-hybridized carbons (Fsp3) is 0.455. The van der Waals surface area contributed by atoms with Crippen molar-refractivity contribution in [1.82, 2.24) is 19.9 Å². The summed E-state index contributed by atoms with van der Waals surface area (Å²) in [6.07, 6.45) is 5.41. The van der Waals surface area contributed by atoms with Crippen molar-refractivity contribution in [2.75, 3.05) is 6.54 Å². The van der Waals surface area contributed by atoms with Gasteiger partial charge in [0.1, 0.15) is 0 Å². The Morgan fingerprint density at radius 3 is 3.27 bits per heavy atom. The predicted octanol–water partition coefficient (Wildman–Crippen LogP) is 1.02. The van der Waals surface area contributed by atoms with Crippen LogP contribution >= 0.6 is 0 Å². The molecule has 2 aromatic heterocycles. The zero-order chi connectivity index (χ0) is 10.1. The van der Waals surface area contributed by atoms with Crippen molar-refractivity contribution in [2.24, 2.45) is 0 Å². The molecule has 1 saturated heterocycles. The van der Waals surface area contributed by atoms with Gasteiger partial charge in [0.15, 0.2) is 11.5 Å². The van der Waals surface area contributed by atoms with Crippen LogP contribution in [0.1, 0.15) is 18.7 Å². The molecule has 1 atom stereocenters. The fourth-order valence-corrected chi connectivity index (χ4v) is 2.12. The van der Waals surface area contributed by atoms with E-state index in [1.54, 1.807) is 0 Å². The number of pyridine rings is 1. The van der Waals surface area contributed by atoms with E-state index in [0.29, 0.717) is 6.04 Å². The smallest absolute Gasteiger partial charge is 0.155 e. The summed E-state index contributed by atoms with van der Waals surface area (Å²) in [6.45, 7) is 1.14. The van der Waals surface area contributed by atoms with Crippen molar-refractivity contribution in [3.8, 4) is 0 Å². The highest BCUT2D eigenvalue weighted by Gasteiger charge is 2.16. The van der Waals surface area contributed by atoms with E-state index >= 15 is 0 Å². The molecule has 4 nitrogen and oxygen atoms in total. The van der Waals surface area contributed by atoms with E-state index in [1.165, 1.54) is 12.8 Å². The topological polar surface area (TPSA) is 42.2 Å². The summed E-state index contributed by atoms with van der Waals surface area (Å²) in [5, 5.41) is 7.90. The lowest BCUT2D eigenvalue weighted by Gasteiger charge is -2.05. The van der Waals surface area contributed by atoms with Crippen molar-refractivity contribution in [3.63, 3.8) is 0 Å². The van der Waals surface area contributed by atoms with Gasteiger partial charge in [0.2, 0.25) is 0 Å². The van der Waals surface area contributed by atoms with E-state index in [9.17, 15) is 0 Å². The van der Waals surface area contributed by atoms with Crippen LogP contribution in [0, 0.1) is 0 Å². The van der Waals surface area contributed by atoms with Gasteiger partial charge in [0.05, 0.1) is 0 Å². The van der Waals surface area contributed by atoms with E-state index < -0.39 is 0 Å². The van der Waals surface area contributed by atoms with Gasteiger partial charge in [-0.05, 0) is 31.5 Å². The van der Waals surface area contributed by atoms with Gasteiger partial charge >= 0.3 is 0 Å². The first kappa shape index (κ1) is 8.85. The lowest BCUT2D eigenvalue weighted by Crippen LogP contribution is -2.24. The summed E-state index contributed by atoms with van der Waals surface area (Å²) in [5.74, 6) is 0.945. The van der Waals surface area contributed by atoms with Gasteiger partial charge in [-0.25, -0.2) is 9.50 Å². The van der Waals surface area contributed by atoms with Gasteiger partial charge in [0.25, 0.3) is 0 Å². The Hall–Kier alpha value is -1.42. The average Bonchev–Trinajstić information content (AvgIpc) is 2.86. The minimum atomic E-state index is 0.572. The van der Waals surface area contributed by atoms with Gasteiger partial charge in [-0.3, -0.25) is 0 Å². The summed E-state index contributed by atoms with van der Waals surface area (Å²) in [7, 11) is 0. The van der Waals surface area contributed by atoms with Crippen LogP contribution in [-0.4, -0.2) is 27.2 Å². The van der Waals surface area contributed by atoms with Crippen LogP contribution in [-0.2, 0) is 6.42 Å². The first-order valence-electron chi connectivity index (χ1n) is 5.45. The van der Waals surface area contributed by atoms with Crippen LogP contribution in [0.15, 0.2) is 24.4 Å². The van der Waals surface area contributed by atoms with Crippen LogP contribution in [0.3, 0.4) is 0 Å². The molecule has 3 rings (SSSR count). The second-order valence-electron chi connectivity index (χ2n) is 4.03. The Balaban J connectivity index is 1.84. The monoisotopic (exact) mass is 202 g/mol. The van der Waals surface area contributed by atoms with Crippen molar-refractivity contribution < 1.29 is 0 Å². The number of nitrogens with one attached hydrogen (secondary N) is 1. The second-order valence-corrected chi connectivity index (χ2v) is 4.03. The molecule has 0 saturated carbocycles. The molecule has 4 heteroatoms. The van der Waals surface area contributed by atoms with E-state index in [-0.39, 0.29) is 0 Å². The maximum absolute atomic E-state index is 4.49. The Kier molecular flexibility index (Phi) is 2.14. The maximum Gasteiger partial charge on any atom is 0.155 e. The molecule has 0 spiro atoms. The summed E-state index contributed by atoms with van der Waals surface area (Å²) >= 11 is 0. The number of nitrogens with zero attached hydrogens (tertiary/aromatic N) is 3. The minimum absolute atomic E-state index is 0.572. The molecule has 3 heterocycles. The van der Waals surface area contributed by atoms with Crippen LogP contribution in [0.2, 0.25) is 0 Å². The molecule has 2 aromatic rings. The van der Waals surface area contributed by atoms with Gasteiger partial charge in [-0.1, -0.05) is 6.07 Å². The number of fused-ring (bicyclic) bond motifs is 1. The normalized spacial score (nSPS) is 21.2. The lowest BCUT2D eigenvalue weighted by atomic mass is 10.1. The molecule has 78 valence electrons. The summed E-state index contributed by atoms with van der Waals surface area (Å²) in [4.78, 5) is 4.49. The minimum Gasteiger partial charge on any atom is -0.314 e. The molecule has 0 aliphatic carbocycles. The van der Waals surface area contributed by atoms with Gasteiger partial charge < -0.3 is 5.32 Å². The Bertz CT molecular complexity index is 423. The molecule has 15 heavy (non-hydrogen) atoms. The lowest BCUT2D eigenvalue weighted by molar-refractivity contribution is 0.585. The van der Waals surface area contributed by atoms with Gasteiger partial charge in [-0.2, -0.15) is 5.10 Å². The Labute approximate surface area is 88.3 Å². The van der Waals surface area contributed by atoms with Crippen molar-refractivity contribution in [2.45, 2.75) is 25.3 Å². The zero-order valence-electron chi connectivity index (χ0n) is 8.56. The van der Waals surface area contributed by atoms with Crippen molar-refractivity contribution in [3.05, 3.63) is 30.2 Å². The summed E-state index contributed by atoms with van der Waals surface area (Å²) in [5.41, 5.74) is 0.936. The highest BCUT2D eigenvalue weighted by atomic mass is 15.3. The van der Waals surface area contributed by atoms with E-state index in [2.05, 4.69) is 15.4 Å². The quantitative estimate of drug-likeness (QED) is 0.790. The molecule has 0 aromatic carbocycles. The first-order valence-corrected chi connectivity index (χ1v) is 5.45. The number of hydrogen-bond acceptors (Lipinski definition) is 3. The average molecular weight is 202 g/mol. The largest absolute Gasteiger partial charge is 0.314 e. The molecule has 1 fully saturated rings. The predicted molar refractivity (Wildman–Crippen MR) is 57.7 cm³/mol. The molecular weight excluding hydrogens is 188 g/mol. The van der Waals surface area contributed by atoms with Crippen LogP contribution in [0.25, 0.3) is 5.65 Å². The Morgan fingerprint density at radius 1 is 1.47 bits per heavy atom. The van der Waals surface area contributed by atoms with E-state index in [1.807, 2.05) is 28.9 Å². The number of hydrogen-bond donors (Lipinski definition) is 1. The highest BCUT2D eigenvalue weighted by Crippen LogP contribution is 2.10. The molecule has 1 N–H and O–H groups in total. The second kappa shape index (κ2) is 3.62. The van der Waals surface area contributed by atoms with E-state index in [0.717, 1.165) is 24.4 Å². The molecular formula is C11H14N4. The zero-order valence-corrected chi connectivity index (χ0v) is 8.56. The first-order chi connectivity index (χ1) is 7.42. The standard InChI is InChI=1S/C11H14N4/c1-2-7-15-11(5-1)13-10(14-15)8-9-4-3-6-12-9/h1-2,5,7,9,12H,3-4,6,8H2. The van der Waals surface area contributed by atoms with Gasteiger partial charge in [-0.15, -0.1) is 0 Å². The summed E-state index contributed by atoms with van der Waals surface area (Å²) < 4.78 is 1.84. The van der Waals surface area contributed by atoms with Crippen LogP contribution < -0.4 is 5.32 Å². The third-order valence-corrected chi connectivity index (χ3v) is 2.88. The molecule has 1 unspecified atom stereocenters. The SMILES string of the molecule is c1ccn2nc(CC3CCCN3)nc2c1. The van der Waals surface area contributed by atoms with Crippen LogP contribution in [0.5, 0.6) is 0 Å². The molecule has 0 radical (unpaired) electrons. The van der Waals surface area contributed by atoms with Gasteiger partial charge in [0, 0.05) is 18.7 Å². The third-order valence-electron chi connectivity index (χ3n) is 2.88. The number of rotatable bonds is 2. The maximum atomic E-state index is 4.49. The molecule has 0 amide bonds. The number of aromatic nitrogens is 3. The van der Waals surface area contributed by atoms with Crippen molar-refractivity contribution in [1.29, 1.82) is 0 Å². The van der Waals surface area contributed by atoms with Crippen LogP contribution in [0.4, 0.5) is 0 Å². The third kappa shape index (κ3) is 1.72. The van der Waals surface area contributed by atoms with Crippen molar-refractivity contribution >= 4 is 5.65 Å². The fourth-order valence-electron chi connectivity index (χ4n) is 2.12. The van der Waals surface area contributed by atoms with E-state index in [4.69, 9.17) is 0 Å². The molecule has 1 aliphatic rings. The summed E-state index contributed by atoms with van der Waals surface area (Å²) in [6, 6.07) is 6.52. The Morgan fingerprint density at radius 2 is 2.47 bits per heavy atom. The molecule has 0 bridgehead atoms.